The van der Waals surface area contributed by atoms with Gasteiger partial charge in [-0.05, 0) is 59.0 Å². The van der Waals surface area contributed by atoms with E-state index in [1.165, 1.54) is 33.2 Å². The van der Waals surface area contributed by atoms with Gasteiger partial charge in [0.25, 0.3) is 0 Å². The minimum atomic E-state index is 0.963. The Morgan fingerprint density at radius 1 is 0.913 bits per heavy atom. The first kappa shape index (κ1) is 14.3. The molecule has 1 aliphatic rings. The Morgan fingerprint density at radius 2 is 1.83 bits per heavy atom. The van der Waals surface area contributed by atoms with E-state index >= 15 is 0 Å². The summed E-state index contributed by atoms with van der Waals surface area (Å²) in [5.74, 6) is 0. The molecule has 1 heterocycles. The number of rotatable bonds is 4. The molecule has 116 valence electrons. The fourth-order valence-electron chi connectivity index (χ4n) is 3.44. The van der Waals surface area contributed by atoms with Gasteiger partial charge in [0.15, 0.2) is 0 Å². The highest BCUT2D eigenvalue weighted by molar-refractivity contribution is 5.85. The van der Waals surface area contributed by atoms with Gasteiger partial charge in [-0.3, -0.25) is 0 Å². The number of fused-ring (bicyclic) bond motifs is 2. The highest BCUT2D eigenvalue weighted by Crippen LogP contribution is 2.21. The molecule has 0 aromatic heterocycles. The van der Waals surface area contributed by atoms with E-state index in [4.69, 9.17) is 0 Å². The van der Waals surface area contributed by atoms with Crippen molar-refractivity contribution < 1.29 is 0 Å². The zero-order valence-electron chi connectivity index (χ0n) is 13.3. The van der Waals surface area contributed by atoms with E-state index in [-0.39, 0.29) is 0 Å². The van der Waals surface area contributed by atoms with Gasteiger partial charge in [-0.2, -0.15) is 0 Å². The zero-order valence-corrected chi connectivity index (χ0v) is 13.3. The fourth-order valence-corrected chi connectivity index (χ4v) is 3.44. The summed E-state index contributed by atoms with van der Waals surface area (Å²) in [6.07, 6.45) is 2.17. The lowest BCUT2D eigenvalue weighted by Gasteiger charge is -2.18. The summed E-state index contributed by atoms with van der Waals surface area (Å²) in [7, 11) is 0. The van der Waals surface area contributed by atoms with Crippen LogP contribution in [0.3, 0.4) is 0 Å². The monoisotopic (exact) mass is 302 g/mol. The molecule has 2 heteroatoms. The molecule has 0 radical (unpaired) electrons. The van der Waals surface area contributed by atoms with E-state index in [9.17, 15) is 0 Å². The molecule has 0 aliphatic carbocycles. The van der Waals surface area contributed by atoms with Crippen LogP contribution in [-0.4, -0.2) is 13.1 Å². The van der Waals surface area contributed by atoms with Crippen molar-refractivity contribution in [3.05, 3.63) is 77.4 Å². The lowest BCUT2D eigenvalue weighted by Crippen LogP contribution is -2.23. The molecular formula is C21H22N2. The van der Waals surface area contributed by atoms with Gasteiger partial charge in [0, 0.05) is 18.8 Å². The van der Waals surface area contributed by atoms with Crippen molar-refractivity contribution in [3.8, 4) is 0 Å². The van der Waals surface area contributed by atoms with Gasteiger partial charge >= 0.3 is 0 Å². The number of nitrogens with one attached hydrogen (secondary N) is 2. The van der Waals surface area contributed by atoms with Crippen LogP contribution in [0.15, 0.2) is 60.7 Å². The number of anilines is 1. The molecule has 23 heavy (non-hydrogen) atoms. The van der Waals surface area contributed by atoms with Crippen LogP contribution in [0.5, 0.6) is 0 Å². The predicted molar refractivity (Wildman–Crippen MR) is 98.0 cm³/mol. The maximum atomic E-state index is 3.59. The quantitative estimate of drug-likeness (QED) is 0.757. The van der Waals surface area contributed by atoms with E-state index in [1.807, 2.05) is 0 Å². The van der Waals surface area contributed by atoms with E-state index in [0.717, 1.165) is 32.5 Å². The molecule has 2 N–H and O–H groups in total. The van der Waals surface area contributed by atoms with E-state index in [2.05, 4.69) is 71.3 Å². The first-order chi connectivity index (χ1) is 11.4. The van der Waals surface area contributed by atoms with Crippen LogP contribution in [0.4, 0.5) is 5.69 Å². The molecule has 0 amide bonds. The molecular weight excluding hydrogens is 280 g/mol. The second kappa shape index (κ2) is 6.43. The molecule has 1 aliphatic heterocycles. The van der Waals surface area contributed by atoms with Crippen LogP contribution in [-0.2, 0) is 19.4 Å². The van der Waals surface area contributed by atoms with Gasteiger partial charge in [0.2, 0.25) is 0 Å². The Morgan fingerprint density at radius 3 is 2.83 bits per heavy atom. The summed E-state index contributed by atoms with van der Waals surface area (Å²) in [6.45, 7) is 3.06. The van der Waals surface area contributed by atoms with E-state index in [1.54, 1.807) is 0 Å². The van der Waals surface area contributed by atoms with Crippen molar-refractivity contribution in [2.75, 3.05) is 18.4 Å². The highest BCUT2D eigenvalue weighted by Gasteiger charge is 2.08. The van der Waals surface area contributed by atoms with E-state index in [0.29, 0.717) is 0 Å². The minimum Gasteiger partial charge on any atom is -0.385 e. The largest absolute Gasteiger partial charge is 0.385 e. The summed E-state index contributed by atoms with van der Waals surface area (Å²) < 4.78 is 0. The van der Waals surface area contributed by atoms with Crippen molar-refractivity contribution in [3.63, 3.8) is 0 Å². The standard InChI is InChI=1S/C21H22N2/c1-2-7-21-16(4-1)5-3-6-17(21)11-13-23-20-9-8-19-15-22-12-10-18(19)14-20/h1-9,14,22-23H,10-13,15H2. The smallest absolute Gasteiger partial charge is 0.0343 e. The summed E-state index contributed by atoms with van der Waals surface area (Å²) in [5.41, 5.74) is 5.58. The Kier molecular flexibility index (Phi) is 3.99. The zero-order chi connectivity index (χ0) is 15.5. The van der Waals surface area contributed by atoms with Crippen molar-refractivity contribution >= 4 is 16.5 Å². The molecule has 3 aromatic carbocycles. The summed E-state index contributed by atoms with van der Waals surface area (Å²) >= 11 is 0. The van der Waals surface area contributed by atoms with Crippen molar-refractivity contribution in [1.29, 1.82) is 0 Å². The van der Waals surface area contributed by atoms with Crippen LogP contribution in [0.2, 0.25) is 0 Å². The molecule has 0 saturated heterocycles. The summed E-state index contributed by atoms with van der Waals surface area (Å²) in [5, 5.41) is 9.70. The normalized spacial score (nSPS) is 13.7. The first-order valence-corrected chi connectivity index (χ1v) is 8.43. The maximum Gasteiger partial charge on any atom is 0.0343 e. The first-order valence-electron chi connectivity index (χ1n) is 8.43. The second-order valence-electron chi connectivity index (χ2n) is 6.23. The molecule has 4 rings (SSSR count). The fraction of sp³-hybridized carbons (Fsp3) is 0.238. The van der Waals surface area contributed by atoms with Gasteiger partial charge in [-0.1, -0.05) is 48.5 Å². The van der Waals surface area contributed by atoms with Gasteiger partial charge in [-0.25, -0.2) is 0 Å². The Bertz CT molecular complexity index is 818. The molecule has 0 unspecified atom stereocenters. The van der Waals surface area contributed by atoms with Gasteiger partial charge in [-0.15, -0.1) is 0 Å². The molecule has 3 aromatic rings. The Hall–Kier alpha value is -2.32. The molecule has 0 atom stereocenters. The molecule has 0 saturated carbocycles. The number of hydrogen-bond acceptors (Lipinski definition) is 2. The van der Waals surface area contributed by atoms with Crippen LogP contribution in [0.1, 0.15) is 16.7 Å². The van der Waals surface area contributed by atoms with Crippen LogP contribution in [0.25, 0.3) is 10.8 Å². The molecule has 0 spiro atoms. The van der Waals surface area contributed by atoms with Gasteiger partial charge < -0.3 is 10.6 Å². The van der Waals surface area contributed by atoms with Gasteiger partial charge in [0.1, 0.15) is 0 Å². The van der Waals surface area contributed by atoms with Crippen molar-refractivity contribution in [1.82, 2.24) is 5.32 Å². The van der Waals surface area contributed by atoms with Gasteiger partial charge in [0.05, 0.1) is 0 Å². The summed E-state index contributed by atoms with van der Waals surface area (Å²) in [6, 6.07) is 22.0. The van der Waals surface area contributed by atoms with Crippen LogP contribution >= 0.6 is 0 Å². The minimum absolute atomic E-state index is 0.963. The van der Waals surface area contributed by atoms with Crippen LogP contribution < -0.4 is 10.6 Å². The third kappa shape index (κ3) is 3.08. The van der Waals surface area contributed by atoms with E-state index < -0.39 is 0 Å². The number of benzene rings is 3. The maximum absolute atomic E-state index is 3.59. The average Bonchev–Trinajstić information content (AvgIpc) is 2.62. The topological polar surface area (TPSA) is 24.1 Å². The summed E-state index contributed by atoms with van der Waals surface area (Å²) in [4.78, 5) is 0. The van der Waals surface area contributed by atoms with Crippen LogP contribution in [0, 0.1) is 0 Å². The van der Waals surface area contributed by atoms with Crippen molar-refractivity contribution in [2.24, 2.45) is 0 Å². The molecule has 0 fully saturated rings. The lowest BCUT2D eigenvalue weighted by molar-refractivity contribution is 0.644. The third-order valence-corrected chi connectivity index (χ3v) is 4.70. The average molecular weight is 302 g/mol. The lowest BCUT2D eigenvalue weighted by atomic mass is 10.00. The van der Waals surface area contributed by atoms with Crippen molar-refractivity contribution in [2.45, 2.75) is 19.4 Å². The Labute approximate surface area is 137 Å². The third-order valence-electron chi connectivity index (χ3n) is 4.70. The predicted octanol–water partition coefficient (Wildman–Crippen LogP) is 4.14. The molecule has 0 bridgehead atoms. The number of hydrogen-bond donors (Lipinski definition) is 2. The SMILES string of the molecule is c1ccc2c(CCNc3ccc4c(c3)CCNC4)cccc2c1. The molecule has 2 nitrogen and oxygen atoms in total. The Balaban J connectivity index is 1.45. The second-order valence-corrected chi connectivity index (χ2v) is 6.23. The highest BCUT2D eigenvalue weighted by atomic mass is 14.9.